The summed E-state index contributed by atoms with van der Waals surface area (Å²) >= 11 is 0. The number of ether oxygens (including phenoxy) is 2. The number of sulfonamides is 1. The first-order chi connectivity index (χ1) is 12.2. The van der Waals surface area contributed by atoms with Gasteiger partial charge in [0.2, 0.25) is 10.0 Å². The number of nitrogen functional groups attached to an aromatic ring is 1. The van der Waals surface area contributed by atoms with Gasteiger partial charge < -0.3 is 15.2 Å². The van der Waals surface area contributed by atoms with Crippen molar-refractivity contribution in [3.05, 3.63) is 47.5 Å². The summed E-state index contributed by atoms with van der Waals surface area (Å²) in [4.78, 5) is 0. The first kappa shape index (κ1) is 21.6. The Hall–Kier alpha value is -2.41. The summed E-state index contributed by atoms with van der Waals surface area (Å²) in [6.45, 7) is 5.65. The Kier molecular flexibility index (Phi) is 8.25. The molecular weight excluding hydrogens is 352 g/mol. The Morgan fingerprint density at radius 1 is 0.962 bits per heavy atom. The summed E-state index contributed by atoms with van der Waals surface area (Å²) in [6, 6.07) is 11.0. The van der Waals surface area contributed by atoms with E-state index in [-0.39, 0.29) is 5.75 Å². The smallest absolute Gasteiger partial charge is 0.232 e. The van der Waals surface area contributed by atoms with E-state index in [1.807, 2.05) is 45.0 Å². The van der Waals surface area contributed by atoms with E-state index in [0.29, 0.717) is 17.9 Å². The highest BCUT2D eigenvalue weighted by molar-refractivity contribution is 7.92. The van der Waals surface area contributed by atoms with Gasteiger partial charge in [0.25, 0.3) is 0 Å². The summed E-state index contributed by atoms with van der Waals surface area (Å²) in [5.74, 6) is 1.58. The van der Waals surface area contributed by atoms with E-state index in [1.54, 1.807) is 26.4 Å². The molecule has 0 aliphatic carbocycles. The number of hydrogen-bond acceptors (Lipinski definition) is 5. The van der Waals surface area contributed by atoms with Crippen molar-refractivity contribution in [1.29, 1.82) is 0 Å². The maximum atomic E-state index is 11.6. The van der Waals surface area contributed by atoms with Gasteiger partial charge in [-0.2, -0.15) is 0 Å². The van der Waals surface area contributed by atoms with Crippen LogP contribution < -0.4 is 19.9 Å². The van der Waals surface area contributed by atoms with Crippen LogP contribution in [0, 0.1) is 13.8 Å². The lowest BCUT2D eigenvalue weighted by molar-refractivity contribution is 0.415. The fourth-order valence-electron chi connectivity index (χ4n) is 2.07. The maximum absolute atomic E-state index is 11.6. The number of aryl methyl sites for hydroxylation is 2. The highest BCUT2D eigenvalue weighted by Gasteiger charge is 2.10. The number of rotatable bonds is 6. The normalized spacial score (nSPS) is 10.5. The predicted molar refractivity (Wildman–Crippen MR) is 108 cm³/mol. The van der Waals surface area contributed by atoms with Crippen LogP contribution in [-0.2, 0) is 10.0 Å². The quantitative estimate of drug-likeness (QED) is 0.745. The molecule has 2 aromatic rings. The van der Waals surface area contributed by atoms with Crippen molar-refractivity contribution >= 4 is 21.4 Å². The van der Waals surface area contributed by atoms with E-state index in [2.05, 4.69) is 4.72 Å². The van der Waals surface area contributed by atoms with Crippen LogP contribution in [0.3, 0.4) is 0 Å². The molecule has 26 heavy (non-hydrogen) atoms. The molecule has 0 amide bonds. The maximum Gasteiger partial charge on any atom is 0.232 e. The van der Waals surface area contributed by atoms with E-state index in [1.165, 1.54) is 0 Å². The summed E-state index contributed by atoms with van der Waals surface area (Å²) in [5.41, 5.74) is 8.93. The van der Waals surface area contributed by atoms with Gasteiger partial charge in [-0.25, -0.2) is 8.42 Å². The molecule has 2 aromatic carbocycles. The molecule has 0 atom stereocenters. The van der Waals surface area contributed by atoms with Crippen molar-refractivity contribution < 1.29 is 17.9 Å². The van der Waals surface area contributed by atoms with E-state index in [9.17, 15) is 8.42 Å². The summed E-state index contributed by atoms with van der Waals surface area (Å²) in [7, 11) is -0.0581. The molecule has 0 unspecified atom stereocenters. The summed E-state index contributed by atoms with van der Waals surface area (Å²) in [5, 5.41) is 0. The zero-order valence-corrected chi connectivity index (χ0v) is 16.8. The molecule has 0 aliphatic rings. The minimum absolute atomic E-state index is 0.129. The van der Waals surface area contributed by atoms with Gasteiger partial charge in [-0.3, -0.25) is 4.72 Å². The number of hydrogen-bond donors (Lipinski definition) is 2. The molecule has 7 heteroatoms. The van der Waals surface area contributed by atoms with Crippen LogP contribution in [-0.4, -0.2) is 28.4 Å². The van der Waals surface area contributed by atoms with Gasteiger partial charge >= 0.3 is 0 Å². The molecular formula is C19H28N2O4S. The fourth-order valence-corrected chi connectivity index (χ4v) is 3.27. The first-order valence-corrected chi connectivity index (χ1v) is 9.92. The Bertz CT molecular complexity index is 820. The van der Waals surface area contributed by atoms with Crippen LogP contribution in [0.4, 0.5) is 11.4 Å². The second-order valence-corrected chi connectivity index (χ2v) is 7.67. The van der Waals surface area contributed by atoms with Gasteiger partial charge in [0, 0.05) is 17.8 Å². The number of nitrogens with two attached hydrogens (primary N) is 1. The number of anilines is 2. The van der Waals surface area contributed by atoms with Gasteiger partial charge in [-0.15, -0.1) is 0 Å². The molecule has 0 heterocycles. The average molecular weight is 381 g/mol. The zero-order chi connectivity index (χ0) is 19.7. The monoisotopic (exact) mass is 380 g/mol. The molecule has 0 spiro atoms. The topological polar surface area (TPSA) is 90.7 Å². The third kappa shape index (κ3) is 6.84. The SMILES string of the molecule is CCCS(=O)(=O)Nc1cc(OC)ccc1C.COc1ccc(C)c(N)c1. The van der Waals surface area contributed by atoms with Crippen molar-refractivity contribution in [2.75, 3.05) is 30.4 Å². The van der Waals surface area contributed by atoms with Gasteiger partial charge in [0.1, 0.15) is 11.5 Å². The fraction of sp³-hybridized carbons (Fsp3) is 0.368. The lowest BCUT2D eigenvalue weighted by Crippen LogP contribution is -2.16. The molecule has 2 rings (SSSR count). The van der Waals surface area contributed by atoms with Gasteiger partial charge in [-0.1, -0.05) is 19.1 Å². The second-order valence-electron chi connectivity index (χ2n) is 5.82. The third-order valence-corrected chi connectivity index (χ3v) is 5.15. The summed E-state index contributed by atoms with van der Waals surface area (Å²) in [6.07, 6.45) is 0.596. The van der Waals surface area contributed by atoms with Crippen LogP contribution >= 0.6 is 0 Å². The Balaban J connectivity index is 0.000000289. The highest BCUT2D eigenvalue weighted by atomic mass is 32.2. The minimum atomic E-state index is -3.24. The largest absolute Gasteiger partial charge is 0.497 e. The molecule has 0 saturated heterocycles. The Morgan fingerprint density at radius 3 is 2.00 bits per heavy atom. The van der Waals surface area contributed by atoms with Gasteiger partial charge in [0.05, 0.1) is 25.7 Å². The van der Waals surface area contributed by atoms with Gasteiger partial charge in [0.15, 0.2) is 0 Å². The van der Waals surface area contributed by atoms with Crippen LogP contribution in [0.25, 0.3) is 0 Å². The Labute approximate surface area is 156 Å². The molecule has 6 nitrogen and oxygen atoms in total. The van der Waals surface area contributed by atoms with E-state index in [4.69, 9.17) is 15.2 Å². The third-order valence-electron chi connectivity index (χ3n) is 3.67. The van der Waals surface area contributed by atoms with Crippen LogP contribution in [0.15, 0.2) is 36.4 Å². The molecule has 144 valence electrons. The van der Waals surface area contributed by atoms with Crippen molar-refractivity contribution in [1.82, 2.24) is 0 Å². The minimum Gasteiger partial charge on any atom is -0.497 e. The lowest BCUT2D eigenvalue weighted by Gasteiger charge is -2.11. The molecule has 0 aliphatic heterocycles. The first-order valence-electron chi connectivity index (χ1n) is 8.27. The van der Waals surface area contributed by atoms with Crippen LogP contribution in [0.1, 0.15) is 24.5 Å². The van der Waals surface area contributed by atoms with Crippen molar-refractivity contribution in [3.8, 4) is 11.5 Å². The van der Waals surface area contributed by atoms with Gasteiger partial charge in [-0.05, 0) is 43.5 Å². The number of nitrogens with one attached hydrogen (secondary N) is 1. The molecule has 0 fully saturated rings. The Morgan fingerprint density at radius 2 is 1.50 bits per heavy atom. The standard InChI is InChI=1S/C11H17NO3S.C8H11NO/c1-4-7-16(13,14)12-11-8-10(15-3)6-5-9(11)2;1-6-3-4-7(10-2)5-8(6)9/h5-6,8,12H,4,7H2,1-3H3;3-5H,9H2,1-2H3. The molecule has 0 saturated carbocycles. The second kappa shape index (κ2) is 9.91. The van der Waals surface area contributed by atoms with Crippen LogP contribution in [0.2, 0.25) is 0 Å². The molecule has 3 N–H and O–H groups in total. The molecule has 0 bridgehead atoms. The van der Waals surface area contributed by atoms with E-state index >= 15 is 0 Å². The summed E-state index contributed by atoms with van der Waals surface area (Å²) < 4.78 is 35.8. The number of methoxy groups -OCH3 is 2. The van der Waals surface area contributed by atoms with E-state index < -0.39 is 10.0 Å². The molecule has 0 radical (unpaired) electrons. The lowest BCUT2D eigenvalue weighted by atomic mass is 10.2. The van der Waals surface area contributed by atoms with Crippen molar-refractivity contribution in [2.45, 2.75) is 27.2 Å². The predicted octanol–water partition coefficient (Wildman–Crippen LogP) is 3.74. The van der Waals surface area contributed by atoms with Crippen LogP contribution in [0.5, 0.6) is 11.5 Å². The van der Waals surface area contributed by atoms with Crippen molar-refractivity contribution in [2.24, 2.45) is 0 Å². The number of benzene rings is 2. The van der Waals surface area contributed by atoms with E-state index in [0.717, 1.165) is 22.6 Å². The molecule has 0 aromatic heterocycles. The van der Waals surface area contributed by atoms with Crippen molar-refractivity contribution in [3.63, 3.8) is 0 Å². The zero-order valence-electron chi connectivity index (χ0n) is 16.0. The highest BCUT2D eigenvalue weighted by Crippen LogP contribution is 2.22. The average Bonchev–Trinajstić information content (AvgIpc) is 2.59.